The summed E-state index contributed by atoms with van der Waals surface area (Å²) in [6.07, 6.45) is 0. The zero-order valence-corrected chi connectivity index (χ0v) is 9.01. The van der Waals surface area contributed by atoms with E-state index in [4.69, 9.17) is 16.0 Å². The molecule has 1 heterocycles. The van der Waals surface area contributed by atoms with Crippen LogP contribution >= 0.6 is 11.6 Å². The van der Waals surface area contributed by atoms with Crippen molar-refractivity contribution >= 4 is 22.6 Å². The predicted molar refractivity (Wildman–Crippen MR) is 58.6 cm³/mol. The topological polar surface area (TPSA) is 16.4 Å². The Labute approximate surface area is 88.1 Å². The maximum atomic E-state index is 6.03. The highest BCUT2D eigenvalue weighted by molar-refractivity contribution is 6.35. The van der Waals surface area contributed by atoms with Gasteiger partial charge in [0.15, 0.2) is 0 Å². The summed E-state index contributed by atoms with van der Waals surface area (Å²) in [6, 6.07) is 7.70. The van der Waals surface area contributed by atoms with Crippen LogP contribution in [0.3, 0.4) is 0 Å². The molecule has 0 aliphatic rings. The molecule has 0 atom stereocenters. The third-order valence-corrected chi connectivity index (χ3v) is 2.36. The number of benzene rings is 1. The van der Waals surface area contributed by atoms with E-state index in [0.717, 1.165) is 28.3 Å². The molecule has 0 bridgehead atoms. The van der Waals surface area contributed by atoms with Crippen molar-refractivity contribution in [2.45, 2.75) is 6.54 Å². The first-order valence-corrected chi connectivity index (χ1v) is 4.86. The van der Waals surface area contributed by atoms with Crippen LogP contribution in [0.4, 0.5) is 0 Å². The van der Waals surface area contributed by atoms with Gasteiger partial charge in [0, 0.05) is 5.39 Å². The molecule has 2 aromatic rings. The van der Waals surface area contributed by atoms with Gasteiger partial charge in [0.25, 0.3) is 0 Å². The Morgan fingerprint density at radius 1 is 1.36 bits per heavy atom. The summed E-state index contributed by atoms with van der Waals surface area (Å²) in [5, 5.41) is 1.74. The Morgan fingerprint density at radius 2 is 2.14 bits per heavy atom. The number of nitrogens with zero attached hydrogens (tertiary/aromatic N) is 1. The van der Waals surface area contributed by atoms with Crippen LogP contribution in [0.25, 0.3) is 11.0 Å². The van der Waals surface area contributed by atoms with Gasteiger partial charge in [0.05, 0.1) is 11.6 Å². The molecule has 3 heteroatoms. The number of fused-ring (bicyclic) bond motifs is 1. The van der Waals surface area contributed by atoms with Crippen LogP contribution in [0.1, 0.15) is 5.76 Å². The van der Waals surface area contributed by atoms with Gasteiger partial charge in [-0.05, 0) is 32.3 Å². The molecule has 0 saturated carbocycles. The Kier molecular flexibility index (Phi) is 2.48. The van der Waals surface area contributed by atoms with E-state index in [-0.39, 0.29) is 0 Å². The Morgan fingerprint density at radius 3 is 2.79 bits per heavy atom. The summed E-state index contributed by atoms with van der Waals surface area (Å²) in [4.78, 5) is 2.06. The third kappa shape index (κ3) is 1.76. The van der Waals surface area contributed by atoms with E-state index in [1.54, 1.807) is 0 Å². The van der Waals surface area contributed by atoms with Gasteiger partial charge < -0.3 is 9.32 Å². The van der Waals surface area contributed by atoms with Gasteiger partial charge in [0.2, 0.25) is 0 Å². The molecule has 14 heavy (non-hydrogen) atoms. The smallest absolute Gasteiger partial charge is 0.135 e. The van der Waals surface area contributed by atoms with Crippen molar-refractivity contribution in [3.05, 3.63) is 35.0 Å². The van der Waals surface area contributed by atoms with Crippen LogP contribution in [0.15, 0.2) is 28.7 Å². The fourth-order valence-electron chi connectivity index (χ4n) is 1.47. The van der Waals surface area contributed by atoms with Crippen LogP contribution in [-0.4, -0.2) is 19.0 Å². The third-order valence-electron chi connectivity index (χ3n) is 2.03. The second-order valence-corrected chi connectivity index (χ2v) is 4.01. The fourth-order valence-corrected chi connectivity index (χ4v) is 1.69. The van der Waals surface area contributed by atoms with Crippen molar-refractivity contribution in [2.24, 2.45) is 0 Å². The second kappa shape index (κ2) is 3.64. The van der Waals surface area contributed by atoms with Crippen molar-refractivity contribution < 1.29 is 4.42 Å². The number of hydrogen-bond acceptors (Lipinski definition) is 2. The van der Waals surface area contributed by atoms with E-state index in [1.165, 1.54) is 0 Å². The lowest BCUT2D eigenvalue weighted by Gasteiger charge is -2.04. The van der Waals surface area contributed by atoms with E-state index in [1.807, 2.05) is 38.4 Å². The molecule has 0 saturated heterocycles. The van der Waals surface area contributed by atoms with Crippen LogP contribution < -0.4 is 0 Å². The van der Waals surface area contributed by atoms with Gasteiger partial charge >= 0.3 is 0 Å². The highest BCUT2D eigenvalue weighted by Gasteiger charge is 2.06. The van der Waals surface area contributed by atoms with Crippen molar-refractivity contribution in [1.82, 2.24) is 4.90 Å². The predicted octanol–water partition coefficient (Wildman–Crippen LogP) is 3.15. The summed E-state index contributed by atoms with van der Waals surface area (Å²) in [5.41, 5.74) is 0.856. The highest BCUT2D eigenvalue weighted by atomic mass is 35.5. The minimum atomic E-state index is 0.747. The molecule has 1 aromatic carbocycles. The average Bonchev–Trinajstić information content (AvgIpc) is 2.47. The van der Waals surface area contributed by atoms with Crippen LogP contribution in [-0.2, 0) is 6.54 Å². The monoisotopic (exact) mass is 209 g/mol. The maximum Gasteiger partial charge on any atom is 0.135 e. The van der Waals surface area contributed by atoms with E-state index in [2.05, 4.69) is 4.90 Å². The molecule has 0 fully saturated rings. The standard InChI is InChI=1S/C11H12ClNO/c1-13(2)7-8-6-9-10(12)4-3-5-11(9)14-8/h3-6H,7H2,1-2H3. The van der Waals surface area contributed by atoms with Crippen molar-refractivity contribution in [3.63, 3.8) is 0 Å². The van der Waals surface area contributed by atoms with Crippen LogP contribution in [0.5, 0.6) is 0 Å². The number of hydrogen-bond donors (Lipinski definition) is 0. The summed E-state index contributed by atoms with van der Waals surface area (Å²) in [5.74, 6) is 0.943. The van der Waals surface area contributed by atoms with E-state index < -0.39 is 0 Å². The second-order valence-electron chi connectivity index (χ2n) is 3.60. The first-order valence-electron chi connectivity index (χ1n) is 4.48. The first kappa shape index (κ1) is 9.56. The first-order chi connectivity index (χ1) is 6.66. The molecule has 0 N–H and O–H groups in total. The Bertz CT molecular complexity index is 447. The number of furan rings is 1. The summed E-state index contributed by atoms with van der Waals surface area (Å²) in [6.45, 7) is 0.797. The maximum absolute atomic E-state index is 6.03. The molecule has 0 spiro atoms. The van der Waals surface area contributed by atoms with Crippen molar-refractivity contribution in [2.75, 3.05) is 14.1 Å². The molecular formula is C11H12ClNO. The van der Waals surface area contributed by atoms with Crippen LogP contribution in [0.2, 0.25) is 5.02 Å². The summed E-state index contributed by atoms with van der Waals surface area (Å²) >= 11 is 6.03. The van der Waals surface area contributed by atoms with Gasteiger partial charge in [-0.3, -0.25) is 0 Å². The molecule has 0 radical (unpaired) electrons. The highest BCUT2D eigenvalue weighted by Crippen LogP contribution is 2.26. The van der Waals surface area contributed by atoms with Crippen LogP contribution in [0, 0.1) is 0 Å². The van der Waals surface area contributed by atoms with Gasteiger partial charge in [-0.15, -0.1) is 0 Å². The molecular weight excluding hydrogens is 198 g/mol. The summed E-state index contributed by atoms with van der Waals surface area (Å²) < 4.78 is 5.63. The largest absolute Gasteiger partial charge is 0.460 e. The van der Waals surface area contributed by atoms with E-state index >= 15 is 0 Å². The zero-order valence-electron chi connectivity index (χ0n) is 8.25. The quantitative estimate of drug-likeness (QED) is 0.756. The molecule has 2 nitrogen and oxygen atoms in total. The fraction of sp³-hybridized carbons (Fsp3) is 0.273. The molecule has 1 aromatic heterocycles. The molecule has 2 rings (SSSR count). The molecule has 74 valence electrons. The van der Waals surface area contributed by atoms with E-state index in [9.17, 15) is 0 Å². The van der Waals surface area contributed by atoms with Crippen molar-refractivity contribution in [3.8, 4) is 0 Å². The molecule has 0 amide bonds. The minimum Gasteiger partial charge on any atom is -0.460 e. The molecule has 0 aliphatic heterocycles. The van der Waals surface area contributed by atoms with Crippen molar-refractivity contribution in [1.29, 1.82) is 0 Å². The molecule has 0 unspecified atom stereocenters. The van der Waals surface area contributed by atoms with Gasteiger partial charge in [-0.25, -0.2) is 0 Å². The van der Waals surface area contributed by atoms with Gasteiger partial charge in [-0.2, -0.15) is 0 Å². The lowest BCUT2D eigenvalue weighted by molar-refractivity contribution is 0.358. The SMILES string of the molecule is CN(C)Cc1cc2c(Cl)cccc2o1. The minimum absolute atomic E-state index is 0.747. The number of halogens is 1. The molecule has 0 aliphatic carbocycles. The zero-order chi connectivity index (χ0) is 10.1. The van der Waals surface area contributed by atoms with E-state index in [0.29, 0.717) is 0 Å². The Balaban J connectivity index is 2.46. The van der Waals surface area contributed by atoms with Gasteiger partial charge in [-0.1, -0.05) is 17.7 Å². The summed E-state index contributed by atoms with van der Waals surface area (Å²) in [7, 11) is 4.02. The lowest BCUT2D eigenvalue weighted by atomic mass is 10.2. The average molecular weight is 210 g/mol. The normalized spacial score (nSPS) is 11.4. The lowest BCUT2D eigenvalue weighted by Crippen LogP contribution is -2.09. The number of rotatable bonds is 2. The Hall–Kier alpha value is -0.990. The van der Waals surface area contributed by atoms with Gasteiger partial charge in [0.1, 0.15) is 11.3 Å².